The Morgan fingerprint density at radius 1 is 1.25 bits per heavy atom. The van der Waals surface area contributed by atoms with E-state index >= 15 is 0 Å². The van der Waals surface area contributed by atoms with Gasteiger partial charge in [0.2, 0.25) is 0 Å². The van der Waals surface area contributed by atoms with Gasteiger partial charge in [-0.05, 0) is 12.1 Å². The van der Waals surface area contributed by atoms with Crippen molar-refractivity contribution in [1.82, 2.24) is 4.98 Å². The number of aromatic nitrogens is 1. The van der Waals surface area contributed by atoms with Gasteiger partial charge >= 0.3 is 8.80 Å². The van der Waals surface area contributed by atoms with E-state index < -0.39 is 8.80 Å². The number of hydrogen-bond acceptors (Lipinski definition) is 5. The maximum Gasteiger partial charge on any atom is 0.522 e. The molecule has 1 aromatic heterocycles. The molecule has 0 spiro atoms. The monoisotopic (exact) mass is 240 g/mol. The quantitative estimate of drug-likeness (QED) is 0.548. The number of pyridine rings is 1. The number of aliphatic imine (C=N–C) groups is 1. The van der Waals surface area contributed by atoms with Crippen molar-refractivity contribution in [3.8, 4) is 0 Å². The normalized spacial score (nSPS) is 12.2. The zero-order valence-electron chi connectivity index (χ0n) is 9.71. The molecule has 1 rings (SSSR count). The van der Waals surface area contributed by atoms with Crippen molar-refractivity contribution in [1.29, 1.82) is 0 Å². The lowest BCUT2D eigenvalue weighted by molar-refractivity contribution is 0.125. The lowest BCUT2D eigenvalue weighted by Crippen LogP contribution is -2.46. The summed E-state index contributed by atoms with van der Waals surface area (Å²) < 4.78 is 15.7. The number of nitrogens with zero attached hydrogens (tertiary/aromatic N) is 2. The van der Waals surface area contributed by atoms with Gasteiger partial charge in [-0.25, -0.2) is 0 Å². The van der Waals surface area contributed by atoms with Crippen LogP contribution in [0.5, 0.6) is 0 Å². The van der Waals surface area contributed by atoms with Gasteiger partial charge in [0.1, 0.15) is 6.17 Å². The Morgan fingerprint density at radius 2 is 1.94 bits per heavy atom. The molecule has 0 radical (unpaired) electrons. The minimum atomic E-state index is -2.60. The Morgan fingerprint density at radius 3 is 2.44 bits per heavy atom. The predicted octanol–water partition coefficient (Wildman–Crippen LogP) is 0.918. The highest BCUT2D eigenvalue weighted by molar-refractivity contribution is 6.60. The average molecular weight is 240 g/mol. The third-order valence-corrected chi connectivity index (χ3v) is 4.57. The highest BCUT2D eigenvalue weighted by Crippen LogP contribution is 2.05. The van der Waals surface area contributed by atoms with Crippen LogP contribution in [-0.2, 0) is 13.3 Å². The molecular weight excluding hydrogens is 224 g/mol. The summed E-state index contributed by atoms with van der Waals surface area (Å²) in [6.45, 7) is 0. The molecule has 0 amide bonds. The number of hydrogen-bond donors (Lipinski definition) is 0. The first-order valence-corrected chi connectivity index (χ1v) is 6.76. The molecule has 0 N–H and O–H groups in total. The van der Waals surface area contributed by atoms with E-state index in [0.717, 1.165) is 5.69 Å². The molecule has 16 heavy (non-hydrogen) atoms. The molecule has 0 saturated heterocycles. The lowest BCUT2D eigenvalue weighted by atomic mass is 10.4. The van der Waals surface area contributed by atoms with E-state index in [9.17, 15) is 0 Å². The van der Waals surface area contributed by atoms with Crippen LogP contribution in [0.4, 0.5) is 0 Å². The Balaban J connectivity index is 2.59. The van der Waals surface area contributed by atoms with Crippen molar-refractivity contribution in [3.63, 3.8) is 0 Å². The molecular formula is C10H16N2O3Si. The van der Waals surface area contributed by atoms with Crippen LogP contribution in [0, 0.1) is 0 Å². The summed E-state index contributed by atoms with van der Waals surface area (Å²) in [6, 6.07) is 5.64. The Bertz CT molecular complexity index is 320. The second-order valence-corrected chi connectivity index (χ2v) is 5.93. The summed E-state index contributed by atoms with van der Waals surface area (Å²) in [5.74, 6) is 0. The zero-order chi connectivity index (χ0) is 11.9. The highest BCUT2D eigenvalue weighted by atomic mass is 28.4. The fraction of sp³-hybridized carbons (Fsp3) is 0.400. The molecule has 0 aromatic carbocycles. The molecule has 0 bridgehead atoms. The van der Waals surface area contributed by atoms with E-state index in [1.807, 2.05) is 18.2 Å². The predicted molar refractivity (Wildman–Crippen MR) is 63.5 cm³/mol. The van der Waals surface area contributed by atoms with Crippen molar-refractivity contribution in [2.24, 2.45) is 4.99 Å². The van der Waals surface area contributed by atoms with Crippen LogP contribution in [0.25, 0.3) is 0 Å². The minimum absolute atomic E-state index is 0.382. The van der Waals surface area contributed by atoms with Crippen LogP contribution in [0.2, 0.25) is 0 Å². The summed E-state index contributed by atoms with van der Waals surface area (Å²) in [7, 11) is 2.10. The molecule has 1 heterocycles. The first kappa shape index (κ1) is 13.0. The molecule has 0 aliphatic carbocycles. The highest BCUT2D eigenvalue weighted by Gasteiger charge is 2.37. The van der Waals surface area contributed by atoms with Gasteiger partial charge in [0.25, 0.3) is 0 Å². The Kier molecular flexibility index (Phi) is 5.27. The molecule has 0 atom stereocenters. The molecule has 0 unspecified atom stereocenters. The van der Waals surface area contributed by atoms with Crippen molar-refractivity contribution in [2.75, 3.05) is 27.5 Å². The smallest absolute Gasteiger partial charge is 0.376 e. The second kappa shape index (κ2) is 6.49. The molecule has 5 nitrogen and oxygen atoms in total. The van der Waals surface area contributed by atoms with Gasteiger partial charge in [-0.2, -0.15) is 0 Å². The number of rotatable bonds is 6. The zero-order valence-corrected chi connectivity index (χ0v) is 10.7. The fourth-order valence-electron chi connectivity index (χ4n) is 1.15. The first-order valence-electron chi connectivity index (χ1n) is 4.82. The summed E-state index contributed by atoms with van der Waals surface area (Å²) in [5.41, 5.74) is 0.800. The third kappa shape index (κ3) is 3.49. The van der Waals surface area contributed by atoms with E-state index in [1.165, 1.54) is 0 Å². The average Bonchev–Trinajstić information content (AvgIpc) is 2.37. The van der Waals surface area contributed by atoms with Crippen LogP contribution in [0.3, 0.4) is 0 Å². The summed E-state index contributed by atoms with van der Waals surface area (Å²) in [4.78, 5) is 8.35. The molecule has 0 aliphatic heterocycles. The molecule has 0 saturated carbocycles. The molecule has 6 heteroatoms. The maximum atomic E-state index is 5.23. The van der Waals surface area contributed by atoms with Gasteiger partial charge in [-0.3, -0.25) is 9.98 Å². The van der Waals surface area contributed by atoms with Crippen LogP contribution in [-0.4, -0.2) is 47.5 Å². The maximum absolute atomic E-state index is 5.23. The van der Waals surface area contributed by atoms with E-state index in [4.69, 9.17) is 13.3 Å². The Hall–Kier alpha value is -1.08. The fourth-order valence-corrected chi connectivity index (χ4v) is 2.35. The third-order valence-electron chi connectivity index (χ3n) is 2.13. The van der Waals surface area contributed by atoms with Crippen LogP contribution >= 0.6 is 0 Å². The van der Waals surface area contributed by atoms with Gasteiger partial charge in [0.05, 0.1) is 5.69 Å². The van der Waals surface area contributed by atoms with Gasteiger partial charge in [-0.1, -0.05) is 6.07 Å². The Labute approximate surface area is 96.5 Å². The van der Waals surface area contributed by atoms with E-state index in [2.05, 4.69) is 9.98 Å². The van der Waals surface area contributed by atoms with Gasteiger partial charge in [-0.15, -0.1) is 0 Å². The topological polar surface area (TPSA) is 52.9 Å². The van der Waals surface area contributed by atoms with Crippen molar-refractivity contribution in [2.45, 2.75) is 0 Å². The standard InChI is InChI=1S/C10H16N2O3Si/c1-13-16(14-2,15-3)9-11-8-10-6-4-5-7-12-10/h4-8H,9H2,1-3H3. The van der Waals surface area contributed by atoms with E-state index in [-0.39, 0.29) is 0 Å². The van der Waals surface area contributed by atoms with Crippen LogP contribution in [0.15, 0.2) is 29.4 Å². The first-order chi connectivity index (χ1) is 7.76. The van der Waals surface area contributed by atoms with E-state index in [0.29, 0.717) is 6.17 Å². The van der Waals surface area contributed by atoms with Gasteiger partial charge < -0.3 is 13.3 Å². The lowest BCUT2D eigenvalue weighted by Gasteiger charge is -2.21. The SMILES string of the molecule is CO[Si](CN=Cc1ccccn1)(OC)OC. The molecule has 0 fully saturated rings. The van der Waals surface area contributed by atoms with Gasteiger partial charge in [0, 0.05) is 33.7 Å². The molecule has 1 aromatic rings. The van der Waals surface area contributed by atoms with Gasteiger partial charge in [0.15, 0.2) is 0 Å². The second-order valence-electron chi connectivity index (χ2n) is 3.02. The molecule has 88 valence electrons. The summed E-state index contributed by atoms with van der Waals surface area (Å²) in [6.07, 6.45) is 3.78. The molecule has 0 aliphatic rings. The van der Waals surface area contributed by atoms with Crippen molar-refractivity contribution < 1.29 is 13.3 Å². The summed E-state index contributed by atoms with van der Waals surface area (Å²) >= 11 is 0. The van der Waals surface area contributed by atoms with Crippen molar-refractivity contribution in [3.05, 3.63) is 30.1 Å². The summed E-state index contributed by atoms with van der Waals surface area (Å²) in [5, 5.41) is 0. The van der Waals surface area contributed by atoms with Crippen LogP contribution < -0.4 is 0 Å². The van der Waals surface area contributed by atoms with E-state index in [1.54, 1.807) is 33.7 Å². The minimum Gasteiger partial charge on any atom is -0.376 e. The largest absolute Gasteiger partial charge is 0.522 e. The van der Waals surface area contributed by atoms with Crippen LogP contribution in [0.1, 0.15) is 5.69 Å². The van der Waals surface area contributed by atoms with Crippen molar-refractivity contribution >= 4 is 15.0 Å².